The number of rotatable bonds is 10. The van der Waals surface area contributed by atoms with Crippen LogP contribution >= 0.6 is 15.9 Å². The van der Waals surface area contributed by atoms with Crippen molar-refractivity contribution in [2.24, 2.45) is 0 Å². The Morgan fingerprint density at radius 1 is 0.733 bits per heavy atom. The van der Waals surface area contributed by atoms with E-state index in [0.29, 0.717) is 5.65 Å². The SMILES string of the molecule is C.CC#CB(C#CC)C#CC.CCC[CH2][Sn]([CH2]CCC)([CH2]CCC)[c]1cnc2cc(F)ccn12.Fc1ccn2c(Br)cnc2c1. The summed E-state index contributed by atoms with van der Waals surface area (Å²) in [6, 6.07) is 5.91. The molecule has 0 aliphatic rings. The number of hydrogen-bond acceptors (Lipinski definition) is 2. The Morgan fingerprint density at radius 3 is 1.60 bits per heavy atom. The van der Waals surface area contributed by atoms with Gasteiger partial charge in [-0.1, -0.05) is 7.43 Å². The molecule has 4 nitrogen and oxygen atoms in total. The Kier molecular flexibility index (Phi) is 19.6. The normalized spacial score (nSPS) is 9.98. The number of hydrogen-bond donors (Lipinski definition) is 0. The molecular formula is C36H48BBrF2N4Sn. The molecule has 0 unspecified atom stereocenters. The predicted octanol–water partition coefficient (Wildman–Crippen LogP) is 9.57. The summed E-state index contributed by atoms with van der Waals surface area (Å²) in [5.74, 6) is 16.6. The fraction of sp³-hybridized carbons (Fsp3) is 0.444. The van der Waals surface area contributed by atoms with Gasteiger partial charge in [-0.15, -0.1) is 35.2 Å². The summed E-state index contributed by atoms with van der Waals surface area (Å²) in [6.45, 7) is 12.2. The maximum Gasteiger partial charge on any atom is 0.140 e. The van der Waals surface area contributed by atoms with Crippen molar-refractivity contribution in [2.75, 3.05) is 0 Å². The van der Waals surface area contributed by atoms with E-state index in [1.807, 2.05) is 6.20 Å². The molecule has 9 heteroatoms. The molecule has 0 N–H and O–H groups in total. The van der Waals surface area contributed by atoms with Crippen LogP contribution < -0.4 is 3.71 Å². The van der Waals surface area contributed by atoms with Crippen molar-refractivity contribution in [3.63, 3.8) is 0 Å². The van der Waals surface area contributed by atoms with E-state index in [2.05, 4.69) is 92.5 Å². The van der Waals surface area contributed by atoms with E-state index >= 15 is 0 Å². The second-order valence-electron chi connectivity index (χ2n) is 10.6. The Bertz CT molecular complexity index is 1580. The molecule has 0 saturated carbocycles. The predicted molar refractivity (Wildman–Crippen MR) is 195 cm³/mol. The molecule has 0 bridgehead atoms. The molecule has 0 radical (unpaired) electrons. The average Bonchev–Trinajstić information content (AvgIpc) is 3.61. The summed E-state index contributed by atoms with van der Waals surface area (Å²) in [6.07, 6.45) is 15.0. The number of nitrogens with zero attached hydrogens (tertiary/aromatic N) is 4. The van der Waals surface area contributed by atoms with Crippen LogP contribution in [-0.4, -0.2) is 43.9 Å². The second kappa shape index (κ2) is 21.9. The zero-order valence-electron chi connectivity index (χ0n) is 27.0. The quantitative estimate of drug-likeness (QED) is 0.119. The third-order valence-corrected chi connectivity index (χ3v) is 23.3. The van der Waals surface area contributed by atoms with E-state index in [-0.39, 0.29) is 25.8 Å². The summed E-state index contributed by atoms with van der Waals surface area (Å²) >= 11 is 0.779. The molecule has 4 heterocycles. The second-order valence-corrected chi connectivity index (χ2v) is 24.4. The summed E-state index contributed by atoms with van der Waals surface area (Å²) in [4.78, 5) is 8.50. The minimum Gasteiger partial charge on any atom is -0.294 e. The van der Waals surface area contributed by atoms with Gasteiger partial charge in [0, 0.05) is 12.3 Å². The third-order valence-electron chi connectivity index (χ3n) is 7.34. The monoisotopic (exact) mass is 784 g/mol. The number of unbranched alkanes of at least 4 members (excludes halogenated alkanes) is 3. The molecule has 0 fully saturated rings. The van der Waals surface area contributed by atoms with Gasteiger partial charge >= 0.3 is 151 Å². The van der Waals surface area contributed by atoms with Gasteiger partial charge in [0.25, 0.3) is 0 Å². The molecule has 0 saturated heterocycles. The zero-order valence-corrected chi connectivity index (χ0v) is 31.4. The van der Waals surface area contributed by atoms with Gasteiger partial charge in [-0.25, -0.2) is 9.37 Å². The van der Waals surface area contributed by atoms with Crippen LogP contribution in [-0.2, 0) is 0 Å². The summed E-state index contributed by atoms with van der Waals surface area (Å²) in [5.41, 5.74) is 1.39. The van der Waals surface area contributed by atoms with Crippen molar-refractivity contribution < 1.29 is 8.78 Å². The Hall–Kier alpha value is -2.74. The van der Waals surface area contributed by atoms with Crippen molar-refractivity contribution in [3.8, 4) is 35.2 Å². The molecule has 0 amide bonds. The minimum atomic E-state index is -2.49. The van der Waals surface area contributed by atoms with Crippen molar-refractivity contribution in [2.45, 2.75) is 101 Å². The van der Waals surface area contributed by atoms with Crippen LogP contribution in [0.25, 0.3) is 11.3 Å². The molecular weight excluding hydrogens is 736 g/mol. The molecule has 45 heavy (non-hydrogen) atoms. The first-order valence-corrected chi connectivity index (χ1v) is 23.7. The molecule has 4 aromatic heterocycles. The van der Waals surface area contributed by atoms with Gasteiger partial charge in [0.1, 0.15) is 16.1 Å². The van der Waals surface area contributed by atoms with Gasteiger partial charge < -0.3 is 0 Å². The number of imidazole rings is 2. The smallest absolute Gasteiger partial charge is 0.140 e. The van der Waals surface area contributed by atoms with Gasteiger partial charge in [-0.2, -0.15) is 0 Å². The zero-order chi connectivity index (χ0) is 32.4. The van der Waals surface area contributed by atoms with Crippen LogP contribution in [0.2, 0.25) is 13.3 Å². The maximum atomic E-state index is 13.5. The van der Waals surface area contributed by atoms with Gasteiger partial charge in [-0.3, -0.25) is 4.40 Å². The van der Waals surface area contributed by atoms with Crippen molar-refractivity contribution in [3.05, 3.63) is 65.3 Å². The number of aromatic nitrogens is 4. The van der Waals surface area contributed by atoms with Crippen LogP contribution in [0.1, 0.15) is 87.5 Å². The molecule has 0 aliphatic heterocycles. The van der Waals surface area contributed by atoms with E-state index in [1.165, 1.54) is 67.7 Å². The first-order chi connectivity index (χ1) is 21.3. The summed E-state index contributed by atoms with van der Waals surface area (Å²) < 4.78 is 36.6. The van der Waals surface area contributed by atoms with Crippen molar-refractivity contribution in [1.29, 1.82) is 0 Å². The minimum absolute atomic E-state index is 0. The molecule has 4 rings (SSSR count). The van der Waals surface area contributed by atoms with E-state index in [4.69, 9.17) is 0 Å². The van der Waals surface area contributed by atoms with Gasteiger partial charge in [0.15, 0.2) is 0 Å². The fourth-order valence-electron chi connectivity index (χ4n) is 5.12. The van der Waals surface area contributed by atoms with Crippen molar-refractivity contribution in [1.82, 2.24) is 18.8 Å². The standard InChI is InChI=1S/C9H9B.C7H4BrFN2.C7H4FN2.3C4H9.CH4.Sn/c1-4-7-10(8-5-2)9-6-3;8-6-4-10-7-3-5(9)1-2-11(6)7;8-6-1-3-10-4-2-9-7(10)5-6;3*1-3-4-2;;/h1-3H3;1-4H;1-3,5H;3*1,3-4H2,2H3;1H4;. The molecule has 0 spiro atoms. The Morgan fingerprint density at radius 2 is 1.16 bits per heavy atom. The number of fused-ring (bicyclic) bond motifs is 2. The van der Waals surface area contributed by atoms with Crippen LogP contribution in [0.15, 0.2) is 53.7 Å². The van der Waals surface area contributed by atoms with Crippen LogP contribution in [0.5, 0.6) is 0 Å². The fourth-order valence-corrected chi connectivity index (χ4v) is 21.6. The number of pyridine rings is 2. The Labute approximate surface area is 283 Å². The van der Waals surface area contributed by atoms with Gasteiger partial charge in [0.05, 0.1) is 6.20 Å². The summed E-state index contributed by atoms with van der Waals surface area (Å²) in [5, 5.41) is 0. The summed E-state index contributed by atoms with van der Waals surface area (Å²) in [7, 11) is 0. The van der Waals surface area contributed by atoms with E-state index < -0.39 is 18.4 Å². The maximum absolute atomic E-state index is 13.5. The van der Waals surface area contributed by atoms with Crippen LogP contribution in [0.3, 0.4) is 0 Å². The Balaban J connectivity index is 0.000000383. The molecule has 0 aromatic carbocycles. The molecule has 0 aliphatic carbocycles. The van der Waals surface area contributed by atoms with Gasteiger partial charge in [-0.05, 0) is 42.8 Å². The first-order valence-electron chi connectivity index (χ1n) is 15.5. The topological polar surface area (TPSA) is 34.6 Å². The largest absolute Gasteiger partial charge is 0.294 e. The average molecular weight is 784 g/mol. The first kappa shape index (κ1) is 40.3. The van der Waals surface area contributed by atoms with Gasteiger partial charge in [0.2, 0.25) is 0 Å². The van der Waals surface area contributed by atoms with E-state index in [9.17, 15) is 8.78 Å². The molecule has 0 atom stereocenters. The van der Waals surface area contributed by atoms with Crippen LogP contribution in [0.4, 0.5) is 8.78 Å². The van der Waals surface area contributed by atoms with E-state index in [1.54, 1.807) is 49.7 Å². The number of halogens is 3. The van der Waals surface area contributed by atoms with Crippen LogP contribution in [0, 0.1) is 46.9 Å². The van der Waals surface area contributed by atoms with E-state index in [0.717, 1.165) is 10.3 Å². The molecule has 240 valence electrons. The third kappa shape index (κ3) is 12.5. The van der Waals surface area contributed by atoms with Crippen molar-refractivity contribution >= 4 is 56.0 Å². The molecule has 4 aromatic rings.